The number of thiazole rings is 1. The van der Waals surface area contributed by atoms with E-state index in [0.29, 0.717) is 11.4 Å². The predicted molar refractivity (Wildman–Crippen MR) is 79.7 cm³/mol. The molecule has 2 atom stereocenters. The van der Waals surface area contributed by atoms with Crippen LogP contribution in [0, 0.1) is 0 Å². The van der Waals surface area contributed by atoms with Gasteiger partial charge in [0.15, 0.2) is 4.96 Å². The number of rotatable bonds is 2. The van der Waals surface area contributed by atoms with Gasteiger partial charge >= 0.3 is 0 Å². The summed E-state index contributed by atoms with van der Waals surface area (Å²) < 4.78 is 1.38. The molecule has 3 rings (SSSR count). The lowest BCUT2D eigenvalue weighted by atomic mass is 9.91. The third-order valence-electron chi connectivity index (χ3n) is 4.08. The molecule has 1 amide bonds. The molecule has 0 bridgehead atoms. The normalized spacial score (nSPS) is 22.4. The largest absolute Gasteiger partial charge is 0.391 e. The number of likely N-dealkylation sites (N-methyl/N-ethyl adjacent to an activating group) is 1. The zero-order chi connectivity index (χ0) is 15.0. The smallest absolute Gasteiger partial charge is 0.271 e. The molecule has 0 aromatic carbocycles. The minimum Gasteiger partial charge on any atom is -0.391 e. The van der Waals surface area contributed by atoms with E-state index in [1.54, 1.807) is 18.6 Å². The first-order chi connectivity index (χ1) is 10.1. The van der Waals surface area contributed by atoms with Crippen LogP contribution in [-0.4, -0.2) is 44.5 Å². The van der Waals surface area contributed by atoms with E-state index in [4.69, 9.17) is 0 Å². The Balaban J connectivity index is 1.92. The van der Waals surface area contributed by atoms with Crippen molar-refractivity contribution in [3.05, 3.63) is 33.7 Å². The molecule has 0 saturated heterocycles. The van der Waals surface area contributed by atoms with Crippen molar-refractivity contribution in [3.63, 3.8) is 0 Å². The minimum atomic E-state index is -0.520. The number of hydrogen-bond acceptors (Lipinski definition) is 5. The first kappa shape index (κ1) is 14.2. The molecular formula is C14H17N3O3S. The van der Waals surface area contributed by atoms with Gasteiger partial charge in [-0.25, -0.2) is 4.98 Å². The number of aliphatic hydroxyl groups is 1. The van der Waals surface area contributed by atoms with Crippen LogP contribution in [0.25, 0.3) is 4.96 Å². The Morgan fingerprint density at radius 3 is 3.00 bits per heavy atom. The van der Waals surface area contributed by atoms with Crippen molar-refractivity contribution in [2.75, 3.05) is 7.05 Å². The zero-order valence-electron chi connectivity index (χ0n) is 11.7. The summed E-state index contributed by atoms with van der Waals surface area (Å²) in [5, 5.41) is 11.8. The lowest BCUT2D eigenvalue weighted by molar-refractivity contribution is 0.0266. The highest BCUT2D eigenvalue weighted by Crippen LogP contribution is 2.23. The molecule has 1 aliphatic rings. The zero-order valence-corrected chi connectivity index (χ0v) is 12.5. The molecule has 0 radical (unpaired) electrons. The fourth-order valence-electron chi connectivity index (χ4n) is 2.86. The average molecular weight is 307 g/mol. The highest BCUT2D eigenvalue weighted by atomic mass is 32.1. The number of fused-ring (bicyclic) bond motifs is 1. The van der Waals surface area contributed by atoms with Crippen LogP contribution < -0.4 is 5.56 Å². The SMILES string of the molecule is CN(C(=O)c1cnc2sccn2c1=O)C1CCCCC1O. The number of amides is 1. The Morgan fingerprint density at radius 1 is 1.48 bits per heavy atom. The molecule has 1 N–H and O–H groups in total. The van der Waals surface area contributed by atoms with Crippen LogP contribution in [0.3, 0.4) is 0 Å². The number of nitrogens with zero attached hydrogens (tertiary/aromatic N) is 3. The predicted octanol–water partition coefficient (Wildman–Crippen LogP) is 1.13. The molecule has 2 aromatic heterocycles. The Labute approximate surface area is 125 Å². The van der Waals surface area contributed by atoms with Crippen molar-refractivity contribution in [2.24, 2.45) is 0 Å². The van der Waals surface area contributed by atoms with Gasteiger partial charge in [0.2, 0.25) is 0 Å². The summed E-state index contributed by atoms with van der Waals surface area (Å²) >= 11 is 1.35. The summed E-state index contributed by atoms with van der Waals surface area (Å²) in [5.41, 5.74) is -0.311. The van der Waals surface area contributed by atoms with E-state index in [1.807, 2.05) is 0 Å². The van der Waals surface area contributed by atoms with Crippen LogP contribution in [0.1, 0.15) is 36.0 Å². The summed E-state index contributed by atoms with van der Waals surface area (Å²) in [7, 11) is 1.64. The van der Waals surface area contributed by atoms with Crippen molar-refractivity contribution in [1.82, 2.24) is 14.3 Å². The Kier molecular flexibility index (Phi) is 3.77. The van der Waals surface area contributed by atoms with E-state index in [9.17, 15) is 14.7 Å². The van der Waals surface area contributed by atoms with Crippen LogP contribution in [0.15, 0.2) is 22.6 Å². The summed E-state index contributed by atoms with van der Waals surface area (Å²) in [4.78, 5) is 31.1. The molecule has 112 valence electrons. The Hall–Kier alpha value is -1.73. The maximum absolute atomic E-state index is 12.5. The molecule has 2 aromatic rings. The molecular weight excluding hydrogens is 290 g/mol. The summed E-state index contributed by atoms with van der Waals surface area (Å²) in [6.45, 7) is 0. The molecule has 7 heteroatoms. The van der Waals surface area contributed by atoms with Gasteiger partial charge in [0.05, 0.1) is 12.1 Å². The Morgan fingerprint density at radius 2 is 2.24 bits per heavy atom. The molecule has 0 spiro atoms. The van der Waals surface area contributed by atoms with Crippen LogP contribution in [0.5, 0.6) is 0 Å². The van der Waals surface area contributed by atoms with Crippen molar-refractivity contribution >= 4 is 22.2 Å². The second kappa shape index (κ2) is 5.57. The van der Waals surface area contributed by atoms with Gasteiger partial charge in [0, 0.05) is 24.8 Å². The minimum absolute atomic E-state index is 0.0474. The summed E-state index contributed by atoms with van der Waals surface area (Å²) in [6, 6.07) is -0.228. The van der Waals surface area contributed by atoms with Crippen molar-refractivity contribution in [2.45, 2.75) is 37.8 Å². The second-order valence-corrected chi connectivity index (χ2v) is 6.24. The molecule has 21 heavy (non-hydrogen) atoms. The number of hydrogen-bond donors (Lipinski definition) is 1. The van der Waals surface area contributed by atoms with E-state index in [0.717, 1.165) is 19.3 Å². The maximum atomic E-state index is 12.5. The van der Waals surface area contributed by atoms with Crippen LogP contribution >= 0.6 is 11.3 Å². The first-order valence-corrected chi connectivity index (χ1v) is 7.87. The second-order valence-electron chi connectivity index (χ2n) is 5.37. The Bertz CT molecular complexity index is 724. The molecule has 0 aliphatic heterocycles. The van der Waals surface area contributed by atoms with E-state index in [2.05, 4.69) is 4.98 Å². The van der Waals surface area contributed by atoms with E-state index in [1.165, 1.54) is 26.8 Å². The fraction of sp³-hybridized carbons (Fsp3) is 0.500. The van der Waals surface area contributed by atoms with Crippen molar-refractivity contribution in [1.29, 1.82) is 0 Å². The van der Waals surface area contributed by atoms with Crippen molar-refractivity contribution < 1.29 is 9.90 Å². The average Bonchev–Trinajstić information content (AvgIpc) is 2.96. The number of carbonyl (C=O) groups is 1. The monoisotopic (exact) mass is 307 g/mol. The maximum Gasteiger partial charge on any atom is 0.271 e. The van der Waals surface area contributed by atoms with Gasteiger partial charge in [-0.3, -0.25) is 14.0 Å². The number of carbonyl (C=O) groups excluding carboxylic acids is 1. The van der Waals surface area contributed by atoms with Gasteiger partial charge < -0.3 is 10.0 Å². The number of aliphatic hydroxyl groups excluding tert-OH is 1. The van der Waals surface area contributed by atoms with Gasteiger partial charge in [0.1, 0.15) is 5.56 Å². The van der Waals surface area contributed by atoms with Gasteiger partial charge in [-0.2, -0.15) is 0 Å². The first-order valence-electron chi connectivity index (χ1n) is 6.99. The molecule has 2 heterocycles. The van der Waals surface area contributed by atoms with Crippen LogP contribution in [0.2, 0.25) is 0 Å². The van der Waals surface area contributed by atoms with Gasteiger partial charge in [-0.15, -0.1) is 11.3 Å². The molecule has 2 unspecified atom stereocenters. The van der Waals surface area contributed by atoms with Crippen LogP contribution in [-0.2, 0) is 0 Å². The van der Waals surface area contributed by atoms with Crippen LogP contribution in [0.4, 0.5) is 0 Å². The van der Waals surface area contributed by atoms with Gasteiger partial charge in [-0.05, 0) is 12.8 Å². The lowest BCUT2D eigenvalue weighted by Crippen LogP contribution is -2.47. The van der Waals surface area contributed by atoms with Gasteiger partial charge in [-0.1, -0.05) is 12.8 Å². The quantitative estimate of drug-likeness (QED) is 0.902. The molecule has 6 nitrogen and oxygen atoms in total. The molecule has 1 saturated carbocycles. The lowest BCUT2D eigenvalue weighted by Gasteiger charge is -2.35. The third-order valence-corrected chi connectivity index (χ3v) is 4.86. The van der Waals surface area contributed by atoms with E-state index < -0.39 is 6.10 Å². The number of aromatic nitrogens is 2. The highest BCUT2D eigenvalue weighted by molar-refractivity contribution is 7.15. The standard InChI is InChI=1S/C14H17N3O3S/c1-16(10-4-2-3-5-11(10)18)12(19)9-8-15-14-17(13(9)20)6-7-21-14/h6-8,10-11,18H,2-5H2,1H3. The van der Waals surface area contributed by atoms with Crippen molar-refractivity contribution in [3.8, 4) is 0 Å². The fourth-order valence-corrected chi connectivity index (χ4v) is 3.53. The molecule has 1 aliphatic carbocycles. The molecule has 1 fully saturated rings. The summed E-state index contributed by atoms with van der Waals surface area (Å²) in [6.07, 6.45) is 5.85. The van der Waals surface area contributed by atoms with Gasteiger partial charge in [0.25, 0.3) is 11.5 Å². The van der Waals surface area contributed by atoms with E-state index in [-0.39, 0.29) is 23.1 Å². The topological polar surface area (TPSA) is 74.9 Å². The summed E-state index contributed by atoms with van der Waals surface area (Å²) in [5.74, 6) is -0.376. The van der Waals surface area contributed by atoms with E-state index >= 15 is 0 Å². The third kappa shape index (κ3) is 2.47. The highest BCUT2D eigenvalue weighted by Gasteiger charge is 2.31.